The molecule has 3 heteroatoms. The number of ether oxygens (including phenoxy) is 1. The molecule has 1 aliphatic heterocycles. The van der Waals surface area contributed by atoms with E-state index in [-0.39, 0.29) is 0 Å². The summed E-state index contributed by atoms with van der Waals surface area (Å²) in [6, 6.07) is 5.84. The van der Waals surface area contributed by atoms with Gasteiger partial charge in [-0.05, 0) is 51.4 Å². The first-order valence-corrected chi connectivity index (χ1v) is 6.47. The smallest absolute Gasteiger partial charge is 0.124 e. The average molecular weight is 234 g/mol. The molecular formula is C14H22N2O. The minimum Gasteiger partial charge on any atom is -0.493 e. The summed E-state index contributed by atoms with van der Waals surface area (Å²) in [6.45, 7) is 6.46. The molecule has 94 valence electrons. The lowest BCUT2D eigenvalue weighted by Crippen LogP contribution is -2.22. The van der Waals surface area contributed by atoms with Crippen LogP contribution >= 0.6 is 0 Å². The fourth-order valence-electron chi connectivity index (χ4n) is 2.26. The maximum Gasteiger partial charge on any atom is 0.124 e. The van der Waals surface area contributed by atoms with Crippen molar-refractivity contribution in [2.75, 3.05) is 32.0 Å². The molecule has 2 N–H and O–H groups in total. The molecule has 1 saturated heterocycles. The molecule has 1 heterocycles. The maximum atomic E-state index is 5.84. The van der Waals surface area contributed by atoms with Gasteiger partial charge in [-0.25, -0.2) is 0 Å². The summed E-state index contributed by atoms with van der Waals surface area (Å²) >= 11 is 0. The van der Waals surface area contributed by atoms with Crippen LogP contribution in [-0.4, -0.2) is 31.1 Å². The number of anilines is 1. The summed E-state index contributed by atoms with van der Waals surface area (Å²) in [5, 5.41) is 0. The predicted molar refractivity (Wildman–Crippen MR) is 71.4 cm³/mol. The van der Waals surface area contributed by atoms with Crippen LogP contribution in [0.15, 0.2) is 18.2 Å². The van der Waals surface area contributed by atoms with Gasteiger partial charge in [-0.2, -0.15) is 0 Å². The van der Waals surface area contributed by atoms with E-state index in [0.717, 1.165) is 36.6 Å². The highest BCUT2D eigenvalue weighted by Crippen LogP contribution is 2.22. The number of nitrogens with zero attached hydrogens (tertiary/aromatic N) is 1. The highest BCUT2D eigenvalue weighted by molar-refractivity contribution is 5.53. The lowest BCUT2D eigenvalue weighted by molar-refractivity contribution is 0.262. The highest BCUT2D eigenvalue weighted by atomic mass is 16.5. The molecule has 1 aromatic rings. The van der Waals surface area contributed by atoms with Gasteiger partial charge in [0.1, 0.15) is 5.75 Å². The van der Waals surface area contributed by atoms with E-state index in [0.29, 0.717) is 0 Å². The Morgan fingerprint density at radius 3 is 2.82 bits per heavy atom. The van der Waals surface area contributed by atoms with Crippen molar-refractivity contribution < 1.29 is 4.74 Å². The van der Waals surface area contributed by atoms with Gasteiger partial charge >= 0.3 is 0 Å². The number of nitrogen functional groups attached to an aromatic ring is 1. The molecule has 1 aliphatic rings. The van der Waals surface area contributed by atoms with Crippen LogP contribution in [0, 0.1) is 6.92 Å². The third-order valence-corrected chi connectivity index (χ3v) is 3.40. The molecule has 0 atom stereocenters. The van der Waals surface area contributed by atoms with Crippen LogP contribution in [0.2, 0.25) is 0 Å². The zero-order valence-electron chi connectivity index (χ0n) is 10.6. The summed E-state index contributed by atoms with van der Waals surface area (Å²) in [5.74, 6) is 0.923. The van der Waals surface area contributed by atoms with Crippen molar-refractivity contribution >= 4 is 5.69 Å². The number of hydrogen-bond donors (Lipinski definition) is 1. The van der Waals surface area contributed by atoms with Gasteiger partial charge < -0.3 is 15.4 Å². The molecule has 2 rings (SSSR count). The Morgan fingerprint density at radius 2 is 2.06 bits per heavy atom. The molecule has 1 aromatic carbocycles. The van der Waals surface area contributed by atoms with Crippen molar-refractivity contribution in [2.45, 2.75) is 26.2 Å². The Hall–Kier alpha value is -1.22. The Morgan fingerprint density at radius 1 is 1.29 bits per heavy atom. The fraction of sp³-hybridized carbons (Fsp3) is 0.571. The minimum atomic E-state index is 0.779. The van der Waals surface area contributed by atoms with Crippen molar-refractivity contribution in [3.8, 4) is 5.75 Å². The van der Waals surface area contributed by atoms with Crippen LogP contribution in [0.25, 0.3) is 0 Å². The Kier molecular flexibility index (Phi) is 4.26. The van der Waals surface area contributed by atoms with Crippen molar-refractivity contribution in [3.63, 3.8) is 0 Å². The summed E-state index contributed by atoms with van der Waals surface area (Å²) < 4.78 is 5.77. The first-order valence-electron chi connectivity index (χ1n) is 6.47. The molecule has 0 aromatic heterocycles. The van der Waals surface area contributed by atoms with Crippen molar-refractivity contribution in [1.29, 1.82) is 0 Å². The van der Waals surface area contributed by atoms with Crippen molar-refractivity contribution in [3.05, 3.63) is 23.8 Å². The zero-order valence-corrected chi connectivity index (χ0v) is 10.6. The third-order valence-electron chi connectivity index (χ3n) is 3.40. The molecule has 0 amide bonds. The van der Waals surface area contributed by atoms with E-state index < -0.39 is 0 Å². The average Bonchev–Trinajstić information content (AvgIpc) is 2.83. The molecule has 0 unspecified atom stereocenters. The van der Waals surface area contributed by atoms with Crippen LogP contribution in [0.3, 0.4) is 0 Å². The van der Waals surface area contributed by atoms with Gasteiger partial charge in [0.15, 0.2) is 0 Å². The van der Waals surface area contributed by atoms with E-state index in [1.54, 1.807) is 0 Å². The molecule has 0 aliphatic carbocycles. The number of rotatable bonds is 5. The van der Waals surface area contributed by atoms with Crippen molar-refractivity contribution in [1.82, 2.24) is 4.90 Å². The van der Waals surface area contributed by atoms with Crippen LogP contribution in [0.4, 0.5) is 5.69 Å². The lowest BCUT2D eigenvalue weighted by Gasteiger charge is -2.15. The zero-order chi connectivity index (χ0) is 12.1. The Bertz CT molecular complexity index is 359. The van der Waals surface area contributed by atoms with Gasteiger partial charge in [-0.15, -0.1) is 0 Å². The van der Waals surface area contributed by atoms with E-state index in [1.807, 2.05) is 25.1 Å². The molecule has 3 nitrogen and oxygen atoms in total. The molecule has 0 radical (unpaired) electrons. The largest absolute Gasteiger partial charge is 0.493 e. The standard InChI is InChI=1S/C14H22N2O/c1-12-13(15)6-4-7-14(12)17-11-5-10-16-8-2-3-9-16/h4,6-7H,2-3,5,8-11,15H2,1H3. The first-order chi connectivity index (χ1) is 8.27. The van der Waals surface area contributed by atoms with Gasteiger partial charge in [0.25, 0.3) is 0 Å². The number of hydrogen-bond acceptors (Lipinski definition) is 3. The summed E-state index contributed by atoms with van der Waals surface area (Å²) in [7, 11) is 0. The highest BCUT2D eigenvalue weighted by Gasteiger charge is 2.10. The second-order valence-corrected chi connectivity index (χ2v) is 4.72. The maximum absolute atomic E-state index is 5.84. The van der Waals surface area contributed by atoms with Gasteiger partial charge in [0, 0.05) is 17.8 Å². The van der Waals surface area contributed by atoms with E-state index in [2.05, 4.69) is 4.90 Å². The van der Waals surface area contributed by atoms with Gasteiger partial charge in [0.2, 0.25) is 0 Å². The molecule has 0 saturated carbocycles. The molecule has 1 fully saturated rings. The summed E-state index contributed by atoms with van der Waals surface area (Å²) in [5.41, 5.74) is 7.69. The molecule has 17 heavy (non-hydrogen) atoms. The Balaban J connectivity index is 1.72. The summed E-state index contributed by atoms with van der Waals surface area (Å²) in [6.07, 6.45) is 3.80. The number of likely N-dealkylation sites (tertiary alicyclic amines) is 1. The SMILES string of the molecule is Cc1c(N)cccc1OCCCN1CCCC1. The van der Waals surface area contributed by atoms with Gasteiger partial charge in [-0.3, -0.25) is 0 Å². The van der Waals surface area contributed by atoms with Crippen LogP contribution < -0.4 is 10.5 Å². The Labute approximate surface area is 104 Å². The monoisotopic (exact) mass is 234 g/mol. The topological polar surface area (TPSA) is 38.5 Å². The third kappa shape index (κ3) is 3.37. The van der Waals surface area contributed by atoms with E-state index in [4.69, 9.17) is 10.5 Å². The van der Waals surface area contributed by atoms with Crippen LogP contribution in [0.5, 0.6) is 5.75 Å². The van der Waals surface area contributed by atoms with E-state index in [1.165, 1.54) is 25.9 Å². The van der Waals surface area contributed by atoms with Gasteiger partial charge in [0.05, 0.1) is 6.61 Å². The second-order valence-electron chi connectivity index (χ2n) is 4.72. The van der Waals surface area contributed by atoms with Crippen LogP contribution in [0.1, 0.15) is 24.8 Å². The minimum absolute atomic E-state index is 0.779. The molecule has 0 bridgehead atoms. The van der Waals surface area contributed by atoms with Crippen LogP contribution in [-0.2, 0) is 0 Å². The fourth-order valence-corrected chi connectivity index (χ4v) is 2.26. The lowest BCUT2D eigenvalue weighted by atomic mass is 10.2. The van der Waals surface area contributed by atoms with E-state index in [9.17, 15) is 0 Å². The molecule has 0 spiro atoms. The second kappa shape index (κ2) is 5.92. The molecular weight excluding hydrogens is 212 g/mol. The number of benzene rings is 1. The number of nitrogens with two attached hydrogens (primary N) is 1. The normalized spacial score (nSPS) is 16.3. The first kappa shape index (κ1) is 12.2. The summed E-state index contributed by atoms with van der Waals surface area (Å²) in [4.78, 5) is 2.51. The quantitative estimate of drug-likeness (QED) is 0.628. The predicted octanol–water partition coefficient (Wildman–Crippen LogP) is 2.44. The van der Waals surface area contributed by atoms with Crippen molar-refractivity contribution in [2.24, 2.45) is 0 Å². The van der Waals surface area contributed by atoms with Gasteiger partial charge in [-0.1, -0.05) is 6.07 Å². The van der Waals surface area contributed by atoms with E-state index >= 15 is 0 Å².